The van der Waals surface area contributed by atoms with E-state index in [2.05, 4.69) is 4.74 Å². The fraction of sp³-hybridized carbons (Fsp3) is 0.300. The molecule has 0 fully saturated rings. The Hall–Kier alpha value is -1.65. The van der Waals surface area contributed by atoms with Crippen LogP contribution in [0.1, 0.15) is 18.4 Å². The number of methoxy groups -OCH3 is 1. The lowest BCUT2D eigenvalue weighted by molar-refractivity contribution is -0.138. The molecule has 15 heavy (non-hydrogen) atoms. The average molecular weight is 216 g/mol. The first-order chi connectivity index (χ1) is 6.97. The summed E-state index contributed by atoms with van der Waals surface area (Å²) in [6.07, 6.45) is 0. The zero-order valence-corrected chi connectivity index (χ0v) is 8.25. The molecule has 0 amide bonds. The molecular weight excluding hydrogens is 206 g/mol. The van der Waals surface area contributed by atoms with Crippen LogP contribution in [0.5, 0.6) is 5.75 Å². The highest BCUT2D eigenvalue weighted by Gasteiger charge is 2.19. The molecule has 1 atom stereocenters. The van der Waals surface area contributed by atoms with Gasteiger partial charge in [-0.05, 0) is 24.6 Å². The summed E-state index contributed by atoms with van der Waals surface area (Å²) in [4.78, 5) is 10.6. The maximum Gasteiger partial charge on any atom is 0.310 e. The molecule has 1 N–H and O–H groups in total. The highest BCUT2D eigenvalue weighted by molar-refractivity contribution is 5.75. The van der Waals surface area contributed by atoms with Crippen molar-refractivity contribution >= 4 is 5.97 Å². The van der Waals surface area contributed by atoms with E-state index in [1.165, 1.54) is 20.1 Å². The second kappa shape index (κ2) is 4.25. The van der Waals surface area contributed by atoms with Crippen LogP contribution in [0.15, 0.2) is 12.1 Å². The van der Waals surface area contributed by atoms with E-state index in [0.717, 1.165) is 6.07 Å². The summed E-state index contributed by atoms with van der Waals surface area (Å²) in [5.74, 6) is -4.54. The smallest absolute Gasteiger partial charge is 0.310 e. The third kappa shape index (κ3) is 2.23. The van der Waals surface area contributed by atoms with Crippen LogP contribution in [-0.2, 0) is 4.79 Å². The van der Waals surface area contributed by atoms with E-state index in [1.54, 1.807) is 0 Å². The summed E-state index contributed by atoms with van der Waals surface area (Å²) in [5, 5.41) is 8.70. The van der Waals surface area contributed by atoms with Gasteiger partial charge in [-0.15, -0.1) is 0 Å². The predicted octanol–water partition coefficient (Wildman–Crippen LogP) is 2.16. The van der Waals surface area contributed by atoms with E-state index in [9.17, 15) is 13.6 Å². The first-order valence-electron chi connectivity index (χ1n) is 4.23. The SMILES string of the molecule is COc1cc(C(C)C(=O)O)cc(F)c1F. The number of carboxylic acids is 1. The van der Waals surface area contributed by atoms with Crippen LogP contribution in [0, 0.1) is 11.6 Å². The molecule has 0 aliphatic rings. The fourth-order valence-corrected chi connectivity index (χ4v) is 1.12. The van der Waals surface area contributed by atoms with E-state index >= 15 is 0 Å². The van der Waals surface area contributed by atoms with Crippen molar-refractivity contribution in [1.82, 2.24) is 0 Å². The summed E-state index contributed by atoms with van der Waals surface area (Å²) < 4.78 is 30.6. The van der Waals surface area contributed by atoms with Gasteiger partial charge in [0.25, 0.3) is 0 Å². The number of aliphatic carboxylic acids is 1. The monoisotopic (exact) mass is 216 g/mol. The number of hydrogen-bond donors (Lipinski definition) is 1. The summed E-state index contributed by atoms with van der Waals surface area (Å²) in [6, 6.07) is 2.04. The van der Waals surface area contributed by atoms with Crippen molar-refractivity contribution in [1.29, 1.82) is 0 Å². The zero-order valence-electron chi connectivity index (χ0n) is 8.25. The predicted molar refractivity (Wildman–Crippen MR) is 49.0 cm³/mol. The number of hydrogen-bond acceptors (Lipinski definition) is 2. The van der Waals surface area contributed by atoms with Crippen molar-refractivity contribution in [3.05, 3.63) is 29.3 Å². The van der Waals surface area contributed by atoms with Gasteiger partial charge in [-0.2, -0.15) is 4.39 Å². The van der Waals surface area contributed by atoms with Crippen LogP contribution < -0.4 is 4.74 Å². The molecule has 0 heterocycles. The molecular formula is C10H10F2O3. The molecule has 0 aliphatic heterocycles. The third-order valence-corrected chi connectivity index (χ3v) is 2.11. The first-order valence-corrected chi connectivity index (χ1v) is 4.23. The van der Waals surface area contributed by atoms with Gasteiger partial charge in [-0.1, -0.05) is 0 Å². The number of carboxylic acid groups (broad SMARTS) is 1. The lowest BCUT2D eigenvalue weighted by Crippen LogP contribution is -2.08. The van der Waals surface area contributed by atoms with Crippen LogP contribution in [0.3, 0.4) is 0 Å². The average Bonchev–Trinajstić information content (AvgIpc) is 2.20. The molecule has 0 radical (unpaired) electrons. The quantitative estimate of drug-likeness (QED) is 0.842. The maximum absolute atomic E-state index is 13.0. The number of rotatable bonds is 3. The topological polar surface area (TPSA) is 46.5 Å². The van der Waals surface area contributed by atoms with Gasteiger partial charge in [0.1, 0.15) is 0 Å². The van der Waals surface area contributed by atoms with Gasteiger partial charge >= 0.3 is 5.97 Å². The Morgan fingerprint density at radius 1 is 1.47 bits per heavy atom. The van der Waals surface area contributed by atoms with Gasteiger partial charge in [0.2, 0.25) is 5.82 Å². The minimum atomic E-state index is -1.11. The van der Waals surface area contributed by atoms with Crippen LogP contribution >= 0.6 is 0 Å². The third-order valence-electron chi connectivity index (χ3n) is 2.11. The Morgan fingerprint density at radius 2 is 2.07 bits per heavy atom. The van der Waals surface area contributed by atoms with Gasteiger partial charge in [0.05, 0.1) is 13.0 Å². The Bertz CT molecular complexity index is 390. The van der Waals surface area contributed by atoms with Gasteiger partial charge in [0.15, 0.2) is 11.6 Å². The van der Waals surface area contributed by atoms with Crippen molar-refractivity contribution in [2.75, 3.05) is 7.11 Å². The van der Waals surface area contributed by atoms with E-state index < -0.39 is 23.5 Å². The summed E-state index contributed by atoms with van der Waals surface area (Å²) >= 11 is 0. The molecule has 1 unspecified atom stereocenters. The van der Waals surface area contributed by atoms with Gasteiger partial charge in [-0.3, -0.25) is 4.79 Å². The molecule has 1 aromatic rings. The van der Waals surface area contributed by atoms with Crippen molar-refractivity contribution in [2.45, 2.75) is 12.8 Å². The lowest BCUT2D eigenvalue weighted by Gasteiger charge is -2.09. The van der Waals surface area contributed by atoms with E-state index in [4.69, 9.17) is 5.11 Å². The second-order valence-corrected chi connectivity index (χ2v) is 3.08. The summed E-state index contributed by atoms with van der Waals surface area (Å²) in [6.45, 7) is 1.38. The largest absolute Gasteiger partial charge is 0.494 e. The number of halogens is 2. The molecule has 0 saturated carbocycles. The van der Waals surface area contributed by atoms with Gasteiger partial charge in [-0.25, -0.2) is 4.39 Å². The fourth-order valence-electron chi connectivity index (χ4n) is 1.12. The molecule has 3 nitrogen and oxygen atoms in total. The van der Waals surface area contributed by atoms with Crippen LogP contribution in [0.2, 0.25) is 0 Å². The van der Waals surface area contributed by atoms with E-state index in [0.29, 0.717) is 0 Å². The molecule has 0 saturated heterocycles. The molecule has 5 heteroatoms. The molecule has 0 spiro atoms. The zero-order chi connectivity index (χ0) is 11.6. The van der Waals surface area contributed by atoms with E-state index in [1.807, 2.05) is 0 Å². The lowest BCUT2D eigenvalue weighted by atomic mass is 10.0. The highest BCUT2D eigenvalue weighted by Crippen LogP contribution is 2.26. The van der Waals surface area contributed by atoms with Crippen molar-refractivity contribution in [2.24, 2.45) is 0 Å². The standard InChI is InChI=1S/C10H10F2O3/c1-5(10(13)14)6-3-7(11)9(12)8(4-6)15-2/h3-5H,1-2H3,(H,13,14). The second-order valence-electron chi connectivity index (χ2n) is 3.08. The normalized spacial score (nSPS) is 12.3. The summed E-state index contributed by atoms with van der Waals surface area (Å²) in [7, 11) is 1.19. The minimum absolute atomic E-state index is 0.165. The Labute approximate surface area is 85.3 Å². The molecule has 82 valence electrons. The Balaban J connectivity index is 3.22. The van der Waals surface area contributed by atoms with Crippen LogP contribution in [-0.4, -0.2) is 18.2 Å². The Kier molecular flexibility index (Phi) is 3.24. The van der Waals surface area contributed by atoms with E-state index in [-0.39, 0.29) is 11.3 Å². The minimum Gasteiger partial charge on any atom is -0.494 e. The first kappa shape index (κ1) is 11.4. The molecule has 0 bridgehead atoms. The Morgan fingerprint density at radius 3 is 2.53 bits per heavy atom. The maximum atomic E-state index is 13.0. The van der Waals surface area contributed by atoms with Crippen molar-refractivity contribution in [3.63, 3.8) is 0 Å². The summed E-state index contributed by atoms with van der Waals surface area (Å²) in [5.41, 5.74) is 0.165. The van der Waals surface area contributed by atoms with Crippen molar-refractivity contribution < 1.29 is 23.4 Å². The number of carbonyl (C=O) groups is 1. The van der Waals surface area contributed by atoms with Gasteiger partial charge in [0, 0.05) is 0 Å². The highest BCUT2D eigenvalue weighted by atomic mass is 19.2. The number of ether oxygens (including phenoxy) is 1. The molecule has 1 rings (SSSR count). The van der Waals surface area contributed by atoms with Crippen molar-refractivity contribution in [3.8, 4) is 5.75 Å². The molecule has 0 aliphatic carbocycles. The van der Waals surface area contributed by atoms with Crippen LogP contribution in [0.4, 0.5) is 8.78 Å². The molecule has 0 aromatic heterocycles. The van der Waals surface area contributed by atoms with Gasteiger partial charge < -0.3 is 9.84 Å². The molecule has 1 aromatic carbocycles. The van der Waals surface area contributed by atoms with Crippen LogP contribution in [0.25, 0.3) is 0 Å². The number of benzene rings is 1.